The highest BCUT2D eigenvalue weighted by Crippen LogP contribution is 2.30. The quantitative estimate of drug-likeness (QED) is 0.472. The van der Waals surface area contributed by atoms with Crippen LogP contribution in [-0.4, -0.2) is 55.1 Å². The molecule has 26 heavy (non-hydrogen) atoms. The summed E-state index contributed by atoms with van der Waals surface area (Å²) in [6, 6.07) is 3.52. The van der Waals surface area contributed by atoms with Gasteiger partial charge in [-0.1, -0.05) is 0 Å². The van der Waals surface area contributed by atoms with Gasteiger partial charge in [0.25, 0.3) is 5.91 Å². The first-order valence-corrected chi connectivity index (χ1v) is 8.28. The molecule has 1 aliphatic heterocycles. The third-order valence-corrected chi connectivity index (χ3v) is 4.28. The van der Waals surface area contributed by atoms with Crippen LogP contribution in [0.2, 0.25) is 0 Å². The van der Waals surface area contributed by atoms with E-state index in [4.69, 9.17) is 5.11 Å². The first-order valence-electron chi connectivity index (χ1n) is 7.20. The number of nitrogens with zero attached hydrogens (tertiary/aromatic N) is 1. The first-order chi connectivity index (χ1) is 12.2. The van der Waals surface area contributed by atoms with E-state index in [1.807, 2.05) is 0 Å². The number of carbonyl (C=O) groups is 2. The molecule has 0 saturated heterocycles. The molecule has 2 N–H and O–H groups in total. The number of anilines is 1. The van der Waals surface area contributed by atoms with Crippen molar-refractivity contribution in [2.75, 3.05) is 32.1 Å². The van der Waals surface area contributed by atoms with Gasteiger partial charge < -0.3 is 24.8 Å². The largest absolute Gasteiger partial charge is 0.573 e. The number of nitrogens with one attached hydrogen (secondary N) is 1. The normalized spacial score (nSPS) is 14.7. The number of alkyl halides is 3. The van der Waals surface area contributed by atoms with Crippen molar-refractivity contribution in [2.45, 2.75) is 6.36 Å². The number of methoxy groups -OCH3 is 1. The zero-order chi connectivity index (χ0) is 19.5. The number of benzene rings is 1. The second-order valence-corrected chi connectivity index (χ2v) is 6.27. The lowest BCUT2D eigenvalue weighted by Crippen LogP contribution is -2.31. The van der Waals surface area contributed by atoms with E-state index in [1.165, 1.54) is 18.1 Å². The summed E-state index contributed by atoms with van der Waals surface area (Å²) in [6.07, 6.45) is -4.81. The van der Waals surface area contributed by atoms with Crippen LogP contribution in [0.1, 0.15) is 0 Å². The minimum Gasteiger partial charge on any atom is -0.466 e. The fourth-order valence-corrected chi connectivity index (χ4v) is 2.90. The fraction of sp³-hybridized carbons (Fsp3) is 0.333. The molecule has 0 saturated carbocycles. The molecule has 7 nitrogen and oxygen atoms in total. The molecule has 1 aromatic rings. The number of ether oxygens (including phenoxy) is 2. The summed E-state index contributed by atoms with van der Waals surface area (Å²) in [5.41, 5.74) is 0.334. The van der Waals surface area contributed by atoms with Gasteiger partial charge in [0, 0.05) is 10.1 Å². The number of carbonyl (C=O) groups excluding carboxylic acids is 2. The van der Waals surface area contributed by atoms with Gasteiger partial charge >= 0.3 is 12.3 Å². The van der Waals surface area contributed by atoms with Gasteiger partial charge in [-0.15, -0.1) is 13.2 Å². The number of amides is 1. The lowest BCUT2D eigenvalue weighted by Gasteiger charge is -2.16. The van der Waals surface area contributed by atoms with Crippen LogP contribution < -0.4 is 10.1 Å². The number of rotatable bonds is 6. The molecule has 0 aromatic heterocycles. The van der Waals surface area contributed by atoms with Gasteiger partial charge in [0.05, 0.1) is 31.5 Å². The van der Waals surface area contributed by atoms with Crippen LogP contribution in [0.3, 0.4) is 0 Å². The average molecular weight is 486 g/mol. The Morgan fingerprint density at radius 1 is 1.42 bits per heavy atom. The fourth-order valence-electron chi connectivity index (χ4n) is 2.28. The van der Waals surface area contributed by atoms with Crippen LogP contribution in [-0.2, 0) is 14.3 Å². The van der Waals surface area contributed by atoms with E-state index in [2.05, 4.69) is 14.8 Å². The molecule has 0 bridgehead atoms. The second-order valence-electron chi connectivity index (χ2n) is 5.11. The van der Waals surface area contributed by atoms with Crippen molar-refractivity contribution < 1.29 is 37.3 Å². The Balaban J connectivity index is 2.29. The lowest BCUT2D eigenvalue weighted by atomic mass is 10.2. The molecule has 0 unspecified atom stereocenters. The van der Waals surface area contributed by atoms with Crippen LogP contribution in [0.4, 0.5) is 18.9 Å². The van der Waals surface area contributed by atoms with Crippen LogP contribution in [0.15, 0.2) is 29.5 Å². The number of aliphatic hydroxyl groups excluding tert-OH is 1. The Kier molecular flexibility index (Phi) is 6.34. The summed E-state index contributed by atoms with van der Waals surface area (Å²) < 4.78 is 45.7. The molecule has 0 fully saturated rings. The number of halogens is 4. The minimum atomic E-state index is -4.81. The smallest absolute Gasteiger partial charge is 0.466 e. The molecule has 0 aliphatic carbocycles. The highest BCUT2D eigenvalue weighted by Gasteiger charge is 2.35. The molecule has 2 rings (SSSR count). The Labute approximate surface area is 159 Å². The zero-order valence-corrected chi connectivity index (χ0v) is 15.6. The Morgan fingerprint density at radius 2 is 2.12 bits per heavy atom. The topological polar surface area (TPSA) is 88.1 Å². The van der Waals surface area contributed by atoms with E-state index in [9.17, 15) is 22.8 Å². The third-order valence-electron chi connectivity index (χ3n) is 3.39. The van der Waals surface area contributed by atoms with E-state index >= 15 is 0 Å². The van der Waals surface area contributed by atoms with Gasteiger partial charge in [-0.05, 0) is 40.8 Å². The van der Waals surface area contributed by atoms with Gasteiger partial charge in [0.2, 0.25) is 0 Å². The summed E-state index contributed by atoms with van der Waals surface area (Å²) in [6.45, 7) is -0.297. The molecule has 0 atom stereocenters. The second kappa shape index (κ2) is 8.12. The van der Waals surface area contributed by atoms with Gasteiger partial charge in [-0.25, -0.2) is 4.79 Å². The monoisotopic (exact) mass is 486 g/mol. The molecule has 142 valence electrons. The first kappa shape index (κ1) is 20.3. The molecule has 1 aliphatic rings. The van der Waals surface area contributed by atoms with Crippen molar-refractivity contribution in [3.8, 4) is 5.75 Å². The van der Waals surface area contributed by atoms with E-state index < -0.39 is 24.0 Å². The Morgan fingerprint density at radius 3 is 2.65 bits per heavy atom. The van der Waals surface area contributed by atoms with Crippen molar-refractivity contribution in [3.63, 3.8) is 0 Å². The molecule has 1 heterocycles. The van der Waals surface area contributed by atoms with E-state index in [0.29, 0.717) is 9.26 Å². The van der Waals surface area contributed by atoms with Crippen molar-refractivity contribution in [3.05, 3.63) is 33.0 Å². The predicted molar refractivity (Wildman–Crippen MR) is 92.2 cm³/mol. The van der Waals surface area contributed by atoms with Gasteiger partial charge in [0.1, 0.15) is 11.4 Å². The SMILES string of the molecule is COC(=O)C1=C(Nc2ccc(OC(F)(F)F)cc2I)C(=O)N(CCO)C1. The highest BCUT2D eigenvalue weighted by atomic mass is 127. The number of β-amino-alcohol motifs (C(OH)–C–C–N with tert-alkyl or cyclic N) is 1. The highest BCUT2D eigenvalue weighted by molar-refractivity contribution is 14.1. The number of hydrogen-bond acceptors (Lipinski definition) is 6. The third kappa shape index (κ3) is 4.78. The van der Waals surface area contributed by atoms with Gasteiger partial charge in [-0.2, -0.15) is 0 Å². The molecular weight excluding hydrogens is 472 g/mol. The van der Waals surface area contributed by atoms with Crippen molar-refractivity contribution >= 4 is 40.2 Å². The Bertz CT molecular complexity index is 751. The molecule has 11 heteroatoms. The summed E-state index contributed by atoms with van der Waals surface area (Å²) >= 11 is 1.77. The standard InChI is InChI=1S/C15H14F3IN2O5/c1-25-14(24)9-7-21(4-5-22)13(23)12(9)20-11-3-2-8(6-10(11)19)26-15(16,17)18/h2-3,6,20,22H,4-5,7H2,1H3. The van der Waals surface area contributed by atoms with E-state index in [-0.39, 0.29) is 31.0 Å². The zero-order valence-electron chi connectivity index (χ0n) is 13.4. The molecular formula is C15H14F3IN2O5. The maximum atomic E-state index is 12.4. The number of esters is 1. The molecule has 0 radical (unpaired) electrons. The van der Waals surface area contributed by atoms with E-state index in [0.717, 1.165) is 12.1 Å². The molecule has 1 amide bonds. The number of aliphatic hydroxyl groups is 1. The summed E-state index contributed by atoms with van der Waals surface area (Å²) in [5.74, 6) is -1.64. The van der Waals surface area contributed by atoms with E-state index in [1.54, 1.807) is 22.6 Å². The Hall–Kier alpha value is -2.02. The van der Waals surface area contributed by atoms with Crippen LogP contribution >= 0.6 is 22.6 Å². The van der Waals surface area contributed by atoms with Crippen LogP contribution in [0.5, 0.6) is 5.75 Å². The lowest BCUT2D eigenvalue weighted by molar-refractivity contribution is -0.274. The minimum absolute atomic E-state index is 0.0277. The van der Waals surface area contributed by atoms with Crippen LogP contribution in [0.25, 0.3) is 0 Å². The van der Waals surface area contributed by atoms with Gasteiger partial charge in [0.15, 0.2) is 0 Å². The predicted octanol–water partition coefficient (Wildman–Crippen LogP) is 1.86. The maximum absolute atomic E-state index is 12.4. The average Bonchev–Trinajstić information content (AvgIpc) is 2.85. The van der Waals surface area contributed by atoms with Crippen molar-refractivity contribution in [1.29, 1.82) is 0 Å². The maximum Gasteiger partial charge on any atom is 0.573 e. The summed E-state index contributed by atoms with van der Waals surface area (Å²) in [5, 5.41) is 11.8. The van der Waals surface area contributed by atoms with Gasteiger partial charge in [-0.3, -0.25) is 4.79 Å². The summed E-state index contributed by atoms with van der Waals surface area (Å²) in [4.78, 5) is 25.6. The summed E-state index contributed by atoms with van der Waals surface area (Å²) in [7, 11) is 1.17. The molecule has 0 spiro atoms. The van der Waals surface area contributed by atoms with Crippen LogP contribution in [0, 0.1) is 3.57 Å². The van der Waals surface area contributed by atoms with Crippen molar-refractivity contribution in [1.82, 2.24) is 4.90 Å². The molecule has 1 aromatic carbocycles. The number of hydrogen-bond donors (Lipinski definition) is 2. The van der Waals surface area contributed by atoms with Crippen molar-refractivity contribution in [2.24, 2.45) is 0 Å².